The molecule has 1 heteroatoms. The molecule has 0 radical (unpaired) electrons. The van der Waals surface area contributed by atoms with Gasteiger partial charge in [-0.05, 0) is 52.1 Å². The summed E-state index contributed by atoms with van der Waals surface area (Å²) < 4.78 is 0. The van der Waals surface area contributed by atoms with Crippen LogP contribution in [0.4, 0.5) is 0 Å². The largest absolute Gasteiger partial charge is 0.300 e. The number of rotatable bonds is 10. The zero-order valence-electron chi connectivity index (χ0n) is 13.4. The lowest BCUT2D eigenvalue weighted by Crippen LogP contribution is -2.25. The van der Waals surface area contributed by atoms with Crippen molar-refractivity contribution in [1.29, 1.82) is 0 Å². The molecule has 1 aliphatic carbocycles. The Balaban J connectivity index is 2.25. The van der Waals surface area contributed by atoms with E-state index in [0.29, 0.717) is 0 Å². The minimum Gasteiger partial charge on any atom is -0.300 e. The maximum Gasteiger partial charge on any atom is 0.0166 e. The fourth-order valence-electron chi connectivity index (χ4n) is 2.62. The highest BCUT2D eigenvalue weighted by atomic mass is 15.1. The van der Waals surface area contributed by atoms with E-state index in [1.54, 1.807) is 5.57 Å². The minimum atomic E-state index is 1.13. The van der Waals surface area contributed by atoms with Gasteiger partial charge in [0, 0.05) is 6.54 Å². The van der Waals surface area contributed by atoms with Crippen LogP contribution in [0, 0.1) is 0 Å². The van der Waals surface area contributed by atoms with Gasteiger partial charge in [0.05, 0.1) is 0 Å². The molecule has 1 rings (SSSR count). The van der Waals surface area contributed by atoms with Crippen molar-refractivity contribution in [2.24, 2.45) is 0 Å². The maximum atomic E-state index is 2.60. The zero-order chi connectivity index (χ0) is 13.9. The third kappa shape index (κ3) is 6.96. The number of hydrogen-bond donors (Lipinski definition) is 0. The van der Waals surface area contributed by atoms with Gasteiger partial charge in [0.15, 0.2) is 0 Å². The monoisotopic (exact) mass is 263 g/mol. The molecule has 1 nitrogen and oxygen atoms in total. The van der Waals surface area contributed by atoms with Crippen molar-refractivity contribution in [3.05, 3.63) is 23.3 Å². The van der Waals surface area contributed by atoms with Gasteiger partial charge in [-0.25, -0.2) is 0 Å². The molecule has 0 spiro atoms. The summed E-state index contributed by atoms with van der Waals surface area (Å²) in [6, 6.07) is 0. The summed E-state index contributed by atoms with van der Waals surface area (Å²) in [5.74, 6) is 0. The van der Waals surface area contributed by atoms with E-state index in [0.717, 1.165) is 6.54 Å². The molecule has 0 aromatic heterocycles. The minimum absolute atomic E-state index is 1.13. The van der Waals surface area contributed by atoms with Crippen molar-refractivity contribution in [3.8, 4) is 0 Å². The van der Waals surface area contributed by atoms with Gasteiger partial charge in [0.1, 0.15) is 0 Å². The van der Waals surface area contributed by atoms with Crippen LogP contribution in [-0.4, -0.2) is 24.5 Å². The molecule has 0 N–H and O–H groups in total. The molecule has 0 heterocycles. The Morgan fingerprint density at radius 3 is 2.42 bits per heavy atom. The molecule has 1 saturated carbocycles. The first-order valence-corrected chi connectivity index (χ1v) is 8.35. The molecule has 1 fully saturated rings. The van der Waals surface area contributed by atoms with Gasteiger partial charge in [-0.1, -0.05) is 56.4 Å². The quantitative estimate of drug-likeness (QED) is 0.481. The van der Waals surface area contributed by atoms with Gasteiger partial charge in [-0.2, -0.15) is 0 Å². The second kappa shape index (κ2) is 10.3. The molecule has 0 aliphatic heterocycles. The summed E-state index contributed by atoms with van der Waals surface area (Å²) in [4.78, 5) is 2.60. The normalized spacial score (nSPS) is 15.3. The van der Waals surface area contributed by atoms with Crippen LogP contribution in [0.3, 0.4) is 0 Å². The van der Waals surface area contributed by atoms with E-state index in [1.165, 1.54) is 70.0 Å². The lowest BCUT2D eigenvalue weighted by molar-refractivity contribution is 0.295. The molecule has 0 aromatic rings. The van der Waals surface area contributed by atoms with Crippen molar-refractivity contribution in [3.63, 3.8) is 0 Å². The van der Waals surface area contributed by atoms with Crippen molar-refractivity contribution in [2.75, 3.05) is 19.6 Å². The molecular weight excluding hydrogens is 230 g/mol. The van der Waals surface area contributed by atoms with Gasteiger partial charge in [0.25, 0.3) is 0 Å². The van der Waals surface area contributed by atoms with Crippen molar-refractivity contribution in [1.82, 2.24) is 4.90 Å². The highest BCUT2D eigenvalue weighted by Crippen LogP contribution is 2.28. The molecule has 0 atom stereocenters. The Labute approximate surface area is 120 Å². The predicted octanol–water partition coefficient (Wildman–Crippen LogP) is 5.34. The first-order valence-electron chi connectivity index (χ1n) is 8.35. The summed E-state index contributed by atoms with van der Waals surface area (Å²) in [5, 5.41) is 0. The van der Waals surface area contributed by atoms with Gasteiger partial charge in [-0.15, -0.1) is 0 Å². The molecule has 0 saturated heterocycles. The van der Waals surface area contributed by atoms with Crippen molar-refractivity contribution >= 4 is 0 Å². The zero-order valence-corrected chi connectivity index (χ0v) is 13.4. The first kappa shape index (κ1) is 16.5. The molecule has 0 aromatic carbocycles. The molecule has 0 bridgehead atoms. The molecule has 110 valence electrons. The number of allylic oxidation sites excluding steroid dienone is 3. The van der Waals surface area contributed by atoms with E-state index in [4.69, 9.17) is 0 Å². The van der Waals surface area contributed by atoms with Crippen LogP contribution in [0.5, 0.6) is 0 Å². The summed E-state index contributed by atoms with van der Waals surface area (Å²) in [6.07, 6.45) is 15.5. The predicted molar refractivity (Wildman–Crippen MR) is 86.6 cm³/mol. The first-order chi connectivity index (χ1) is 9.27. The number of hydrogen-bond acceptors (Lipinski definition) is 1. The average molecular weight is 263 g/mol. The topological polar surface area (TPSA) is 3.24 Å². The maximum absolute atomic E-state index is 2.60. The Hall–Kier alpha value is -0.560. The third-order valence-electron chi connectivity index (χ3n) is 4.11. The lowest BCUT2D eigenvalue weighted by atomic mass is 9.88. The second-order valence-corrected chi connectivity index (χ2v) is 5.90. The summed E-state index contributed by atoms with van der Waals surface area (Å²) in [6.45, 7) is 10.5. The van der Waals surface area contributed by atoms with Crippen LogP contribution < -0.4 is 0 Å². The summed E-state index contributed by atoms with van der Waals surface area (Å²) >= 11 is 0. The molecule has 0 amide bonds. The van der Waals surface area contributed by atoms with Gasteiger partial charge in [0.2, 0.25) is 0 Å². The van der Waals surface area contributed by atoms with Crippen LogP contribution in [0.25, 0.3) is 0 Å². The van der Waals surface area contributed by atoms with Crippen LogP contribution >= 0.6 is 0 Å². The lowest BCUT2D eigenvalue weighted by Gasteiger charge is -2.20. The smallest absolute Gasteiger partial charge is 0.0166 e. The van der Waals surface area contributed by atoms with E-state index in [2.05, 4.69) is 37.8 Å². The highest BCUT2D eigenvalue weighted by Gasteiger charge is 2.09. The van der Waals surface area contributed by atoms with Crippen LogP contribution in [-0.2, 0) is 0 Å². The van der Waals surface area contributed by atoms with Gasteiger partial charge < -0.3 is 0 Å². The molecule has 1 aliphatic rings. The van der Waals surface area contributed by atoms with Gasteiger partial charge in [-0.3, -0.25) is 4.90 Å². The van der Waals surface area contributed by atoms with Crippen LogP contribution in [0.1, 0.15) is 72.1 Å². The Morgan fingerprint density at radius 2 is 1.84 bits per heavy atom. The molecule has 0 unspecified atom stereocenters. The fourth-order valence-corrected chi connectivity index (χ4v) is 2.62. The van der Waals surface area contributed by atoms with Crippen LogP contribution in [0.2, 0.25) is 0 Å². The second-order valence-electron chi connectivity index (χ2n) is 5.90. The van der Waals surface area contributed by atoms with Crippen molar-refractivity contribution in [2.45, 2.75) is 72.1 Å². The highest BCUT2D eigenvalue weighted by molar-refractivity contribution is 5.27. The van der Waals surface area contributed by atoms with E-state index < -0.39 is 0 Å². The SMILES string of the molecule is CCCCCCN(C/C=C/C(C)=C1CCC1)CCC. The van der Waals surface area contributed by atoms with Gasteiger partial charge >= 0.3 is 0 Å². The summed E-state index contributed by atoms with van der Waals surface area (Å²) in [5.41, 5.74) is 3.20. The number of nitrogens with zero attached hydrogens (tertiary/aromatic N) is 1. The third-order valence-corrected chi connectivity index (χ3v) is 4.11. The molecule has 19 heavy (non-hydrogen) atoms. The Morgan fingerprint density at radius 1 is 1.05 bits per heavy atom. The standard InChI is InChI=1S/C18H33N/c1-4-6-7-8-15-19(14-5-2)16-10-11-17(3)18-12-9-13-18/h10-11H,4-9,12-16H2,1-3H3/b11-10+. The van der Waals surface area contributed by atoms with Crippen molar-refractivity contribution < 1.29 is 0 Å². The Kier molecular flexibility index (Phi) is 8.90. The van der Waals surface area contributed by atoms with E-state index in [9.17, 15) is 0 Å². The average Bonchev–Trinajstić information content (AvgIpc) is 2.32. The fraction of sp³-hybridized carbons (Fsp3) is 0.778. The number of unbranched alkanes of at least 4 members (excludes halogenated alkanes) is 3. The van der Waals surface area contributed by atoms with E-state index >= 15 is 0 Å². The van der Waals surface area contributed by atoms with Crippen LogP contribution in [0.15, 0.2) is 23.3 Å². The Bertz CT molecular complexity index is 282. The summed E-state index contributed by atoms with van der Waals surface area (Å²) in [7, 11) is 0. The van der Waals surface area contributed by atoms with E-state index in [1.807, 2.05) is 0 Å². The van der Waals surface area contributed by atoms with E-state index in [-0.39, 0.29) is 0 Å². The molecular formula is C18H33N.